The van der Waals surface area contributed by atoms with E-state index in [0.717, 1.165) is 42.8 Å². The maximum absolute atomic E-state index is 2.90. The van der Waals surface area contributed by atoms with E-state index in [1.54, 1.807) is 0 Å². The topological polar surface area (TPSA) is 6.48 Å². The zero-order chi connectivity index (χ0) is 16.4. The molecule has 4 fully saturated rings. The minimum Gasteiger partial charge on any atom is -0.283 e. The number of nitrogens with zero attached hydrogens (tertiary/aromatic N) is 2. The summed E-state index contributed by atoms with van der Waals surface area (Å²) < 4.78 is 0. The Labute approximate surface area is 150 Å². The molecule has 128 valence electrons. The molecule has 2 heteroatoms. The van der Waals surface area contributed by atoms with E-state index in [2.05, 4.69) is 70.5 Å². The van der Waals surface area contributed by atoms with Crippen molar-refractivity contribution in [2.24, 2.45) is 23.7 Å². The molecule has 6 atom stereocenters. The predicted octanol–water partition coefficient (Wildman–Crippen LogP) is 3.98. The predicted molar refractivity (Wildman–Crippen MR) is 99.6 cm³/mol. The zero-order valence-corrected chi connectivity index (χ0v) is 14.7. The molecular formula is C23H26N2. The van der Waals surface area contributed by atoms with E-state index in [-0.39, 0.29) is 0 Å². The van der Waals surface area contributed by atoms with Gasteiger partial charge >= 0.3 is 0 Å². The second kappa shape index (κ2) is 5.43. The van der Waals surface area contributed by atoms with Crippen LogP contribution >= 0.6 is 0 Å². The first-order valence-corrected chi connectivity index (χ1v) is 9.98. The van der Waals surface area contributed by atoms with E-state index >= 15 is 0 Å². The largest absolute Gasteiger partial charge is 0.283 e. The van der Waals surface area contributed by atoms with Crippen LogP contribution in [0, 0.1) is 23.7 Å². The lowest BCUT2D eigenvalue weighted by atomic mass is 9.80. The normalized spacial score (nSPS) is 38.7. The molecule has 25 heavy (non-hydrogen) atoms. The fourth-order valence-electron chi connectivity index (χ4n) is 6.92. The molecule has 0 radical (unpaired) electrons. The van der Waals surface area contributed by atoms with Gasteiger partial charge in [-0.25, -0.2) is 0 Å². The molecule has 2 aliphatic carbocycles. The molecule has 4 bridgehead atoms. The Morgan fingerprint density at radius 3 is 2.08 bits per heavy atom. The zero-order valence-electron chi connectivity index (χ0n) is 14.7. The van der Waals surface area contributed by atoms with Crippen LogP contribution in [0.15, 0.2) is 60.7 Å². The van der Waals surface area contributed by atoms with Gasteiger partial charge in [0.1, 0.15) is 0 Å². The summed E-state index contributed by atoms with van der Waals surface area (Å²) in [6.07, 6.45) is 3.64. The fourth-order valence-corrected chi connectivity index (χ4v) is 6.92. The number of hydrogen-bond donors (Lipinski definition) is 0. The van der Waals surface area contributed by atoms with E-state index in [1.807, 2.05) is 0 Å². The summed E-state index contributed by atoms with van der Waals surface area (Å²) in [5.41, 5.74) is 2.96. The third-order valence-electron chi connectivity index (χ3n) is 7.57. The van der Waals surface area contributed by atoms with Crippen LogP contribution in [-0.4, -0.2) is 28.6 Å². The monoisotopic (exact) mass is 330 g/mol. The van der Waals surface area contributed by atoms with Crippen molar-refractivity contribution in [2.45, 2.75) is 38.1 Å². The Bertz CT molecular complexity index is 750. The van der Waals surface area contributed by atoms with Crippen molar-refractivity contribution in [1.29, 1.82) is 0 Å². The quantitative estimate of drug-likeness (QED) is 0.836. The highest BCUT2D eigenvalue weighted by Gasteiger charge is 2.69. The summed E-state index contributed by atoms with van der Waals surface area (Å²) in [6.45, 7) is 3.58. The van der Waals surface area contributed by atoms with Gasteiger partial charge in [0.15, 0.2) is 0 Å². The lowest BCUT2D eigenvalue weighted by Gasteiger charge is -2.39. The number of benzene rings is 2. The van der Waals surface area contributed by atoms with Gasteiger partial charge in [0.25, 0.3) is 0 Å². The second-order valence-electron chi connectivity index (χ2n) is 8.62. The molecule has 0 spiro atoms. The summed E-state index contributed by atoms with van der Waals surface area (Å²) in [5, 5.41) is 0. The standard InChI is InChI=1S/C23H26N2/c1-3-7-16(8-4-1)13-24-15-20-18-11-12-19-21(20)23(24)25(22(18)19)14-17-9-5-2-6-10-17/h1-10,18-23H,11-15H2/t18-,19+,20-,21+,22?,23+/m0/s1. The van der Waals surface area contributed by atoms with Crippen molar-refractivity contribution in [3.63, 3.8) is 0 Å². The molecule has 2 nitrogen and oxygen atoms in total. The molecule has 2 aliphatic heterocycles. The van der Waals surface area contributed by atoms with Crippen LogP contribution in [0.25, 0.3) is 0 Å². The van der Waals surface area contributed by atoms with E-state index in [1.165, 1.54) is 30.5 Å². The Morgan fingerprint density at radius 2 is 1.36 bits per heavy atom. The minimum atomic E-state index is 0.678. The van der Waals surface area contributed by atoms with Crippen LogP contribution in [0.3, 0.4) is 0 Å². The van der Waals surface area contributed by atoms with E-state index in [4.69, 9.17) is 0 Å². The van der Waals surface area contributed by atoms with Crippen LogP contribution in [0.5, 0.6) is 0 Å². The molecule has 4 aliphatic rings. The van der Waals surface area contributed by atoms with Crippen molar-refractivity contribution in [1.82, 2.24) is 9.80 Å². The van der Waals surface area contributed by atoms with E-state index in [9.17, 15) is 0 Å². The highest BCUT2D eigenvalue weighted by Crippen LogP contribution is 2.65. The third-order valence-corrected chi connectivity index (χ3v) is 7.57. The highest BCUT2D eigenvalue weighted by atomic mass is 15.4. The van der Waals surface area contributed by atoms with Crippen molar-refractivity contribution >= 4 is 0 Å². The second-order valence-corrected chi connectivity index (χ2v) is 8.62. The van der Waals surface area contributed by atoms with Gasteiger partial charge in [0.2, 0.25) is 0 Å². The maximum Gasteiger partial charge on any atom is 0.0666 e. The summed E-state index contributed by atoms with van der Waals surface area (Å²) in [5.74, 6) is 3.86. The molecule has 2 saturated carbocycles. The summed E-state index contributed by atoms with van der Waals surface area (Å²) >= 11 is 0. The Kier molecular flexibility index (Phi) is 3.15. The van der Waals surface area contributed by atoms with Gasteiger partial charge < -0.3 is 0 Å². The first kappa shape index (κ1) is 14.5. The Morgan fingerprint density at radius 1 is 0.720 bits per heavy atom. The van der Waals surface area contributed by atoms with Crippen LogP contribution in [0.1, 0.15) is 24.0 Å². The molecule has 0 N–H and O–H groups in total. The van der Waals surface area contributed by atoms with E-state index < -0.39 is 0 Å². The smallest absolute Gasteiger partial charge is 0.0666 e. The first-order chi connectivity index (χ1) is 12.4. The lowest BCUT2D eigenvalue weighted by molar-refractivity contribution is 0.0304. The molecule has 6 rings (SSSR count). The van der Waals surface area contributed by atoms with Crippen molar-refractivity contribution in [3.8, 4) is 0 Å². The first-order valence-electron chi connectivity index (χ1n) is 9.98. The number of likely N-dealkylation sites (tertiary alicyclic amines) is 2. The van der Waals surface area contributed by atoms with Crippen LogP contribution in [-0.2, 0) is 13.1 Å². The Hall–Kier alpha value is -1.64. The van der Waals surface area contributed by atoms with Gasteiger partial charge in [-0.1, -0.05) is 60.7 Å². The average molecular weight is 330 g/mol. The van der Waals surface area contributed by atoms with Crippen LogP contribution < -0.4 is 0 Å². The number of piperidine rings is 1. The van der Waals surface area contributed by atoms with Crippen LogP contribution in [0.2, 0.25) is 0 Å². The fraction of sp³-hybridized carbons (Fsp3) is 0.478. The third kappa shape index (κ3) is 2.04. The molecule has 2 saturated heterocycles. The number of hydrogen-bond acceptors (Lipinski definition) is 2. The summed E-state index contributed by atoms with van der Waals surface area (Å²) in [6, 6.07) is 23.1. The summed E-state index contributed by atoms with van der Waals surface area (Å²) in [7, 11) is 0. The van der Waals surface area contributed by atoms with Crippen molar-refractivity contribution < 1.29 is 0 Å². The van der Waals surface area contributed by atoms with Gasteiger partial charge in [-0.2, -0.15) is 0 Å². The molecule has 0 aromatic heterocycles. The van der Waals surface area contributed by atoms with Crippen molar-refractivity contribution in [3.05, 3.63) is 71.8 Å². The SMILES string of the molecule is c1ccc(CN2C[C@@H]3[C@@H]4[C@H]2N(Cc2ccccc2)C2[C@H]3CC[C@@H]24)cc1. The van der Waals surface area contributed by atoms with Gasteiger partial charge in [-0.05, 0) is 47.6 Å². The Balaban J connectivity index is 1.32. The van der Waals surface area contributed by atoms with Gasteiger partial charge in [0, 0.05) is 25.7 Å². The summed E-state index contributed by atoms with van der Waals surface area (Å²) in [4.78, 5) is 5.71. The highest BCUT2D eigenvalue weighted by molar-refractivity contribution is 5.24. The number of rotatable bonds is 4. The lowest BCUT2D eigenvalue weighted by Crippen LogP contribution is -2.48. The molecule has 1 unspecified atom stereocenters. The minimum absolute atomic E-state index is 0.678. The number of fused-ring (bicyclic) bond motifs is 1. The molecule has 2 aromatic carbocycles. The molecule has 2 heterocycles. The van der Waals surface area contributed by atoms with Gasteiger partial charge in [-0.15, -0.1) is 0 Å². The molecule has 0 amide bonds. The van der Waals surface area contributed by atoms with E-state index in [0.29, 0.717) is 6.17 Å². The average Bonchev–Trinajstić information content (AvgIpc) is 3.35. The molecular weight excluding hydrogens is 304 g/mol. The van der Waals surface area contributed by atoms with Gasteiger partial charge in [-0.3, -0.25) is 9.80 Å². The van der Waals surface area contributed by atoms with Gasteiger partial charge in [0.05, 0.1) is 6.17 Å². The maximum atomic E-state index is 2.90. The van der Waals surface area contributed by atoms with Crippen LogP contribution in [0.4, 0.5) is 0 Å². The van der Waals surface area contributed by atoms with Crippen molar-refractivity contribution in [2.75, 3.05) is 6.54 Å². The molecule has 2 aromatic rings.